The Balaban J connectivity index is 2.64. The molecule has 0 bridgehead atoms. The number of nitrogens with zero attached hydrogens (tertiary/aromatic N) is 2. The summed E-state index contributed by atoms with van der Waals surface area (Å²) in [6.45, 7) is 1.32. The van der Waals surface area contributed by atoms with Crippen LogP contribution in [0.5, 0.6) is 0 Å². The molecular formula is C13H17N3. The summed E-state index contributed by atoms with van der Waals surface area (Å²) in [6, 6.07) is 10.3. The summed E-state index contributed by atoms with van der Waals surface area (Å²) in [6.07, 6.45) is 4.47. The highest BCUT2D eigenvalue weighted by Crippen LogP contribution is 2.14. The minimum atomic E-state index is 0.547. The first-order chi connectivity index (χ1) is 7.77. The number of anilines is 1. The molecule has 0 saturated heterocycles. The van der Waals surface area contributed by atoms with Gasteiger partial charge in [-0.15, -0.1) is 0 Å². The fourth-order valence-electron chi connectivity index (χ4n) is 1.39. The van der Waals surface area contributed by atoms with Crippen molar-refractivity contribution in [3.63, 3.8) is 0 Å². The molecule has 0 aliphatic carbocycles. The van der Waals surface area contributed by atoms with Gasteiger partial charge in [0.25, 0.3) is 0 Å². The molecule has 0 aromatic heterocycles. The van der Waals surface area contributed by atoms with Crippen LogP contribution in [-0.2, 0) is 0 Å². The lowest BCUT2D eigenvalue weighted by Gasteiger charge is -2.17. The summed E-state index contributed by atoms with van der Waals surface area (Å²) in [5.41, 5.74) is 7.65. The average Bonchev–Trinajstić information content (AvgIpc) is 2.34. The van der Waals surface area contributed by atoms with E-state index in [1.165, 1.54) is 0 Å². The predicted molar refractivity (Wildman–Crippen MR) is 68.0 cm³/mol. The number of hydrogen-bond acceptors (Lipinski definition) is 3. The first-order valence-corrected chi connectivity index (χ1v) is 5.32. The van der Waals surface area contributed by atoms with Crippen molar-refractivity contribution in [1.29, 1.82) is 5.26 Å². The Morgan fingerprint density at radius 1 is 1.38 bits per heavy atom. The van der Waals surface area contributed by atoms with E-state index in [1.807, 2.05) is 43.5 Å². The van der Waals surface area contributed by atoms with Gasteiger partial charge in [0.2, 0.25) is 0 Å². The van der Waals surface area contributed by atoms with Crippen LogP contribution >= 0.6 is 0 Å². The molecule has 0 heterocycles. The third-order valence-electron chi connectivity index (χ3n) is 2.34. The summed E-state index contributed by atoms with van der Waals surface area (Å²) in [4.78, 5) is 2.07. The maximum atomic E-state index is 8.51. The van der Waals surface area contributed by atoms with Gasteiger partial charge in [0.1, 0.15) is 0 Å². The topological polar surface area (TPSA) is 53.0 Å². The number of rotatable bonds is 5. The average molecular weight is 215 g/mol. The number of benzene rings is 1. The molecule has 3 heteroatoms. The van der Waals surface area contributed by atoms with Crippen molar-refractivity contribution in [1.82, 2.24) is 0 Å². The minimum absolute atomic E-state index is 0.547. The summed E-state index contributed by atoms with van der Waals surface area (Å²) in [7, 11) is 1.99. The Hall–Kier alpha value is -1.79. The van der Waals surface area contributed by atoms with Crippen molar-refractivity contribution in [2.75, 3.05) is 25.0 Å². The van der Waals surface area contributed by atoms with Gasteiger partial charge in [0, 0.05) is 25.8 Å². The van der Waals surface area contributed by atoms with Gasteiger partial charge in [-0.2, -0.15) is 5.26 Å². The molecule has 0 aliphatic heterocycles. The van der Waals surface area contributed by atoms with E-state index in [0.29, 0.717) is 13.0 Å². The van der Waals surface area contributed by atoms with Crippen LogP contribution in [0.3, 0.4) is 0 Å². The van der Waals surface area contributed by atoms with Crippen LogP contribution in [0.4, 0.5) is 5.69 Å². The highest BCUT2D eigenvalue weighted by atomic mass is 15.1. The van der Waals surface area contributed by atoms with Gasteiger partial charge in [-0.3, -0.25) is 0 Å². The van der Waals surface area contributed by atoms with Crippen molar-refractivity contribution >= 4 is 11.8 Å². The number of hydrogen-bond donors (Lipinski definition) is 1. The van der Waals surface area contributed by atoms with E-state index in [2.05, 4.69) is 11.0 Å². The van der Waals surface area contributed by atoms with Crippen LogP contribution in [0.25, 0.3) is 6.08 Å². The SMILES string of the molecule is CN(CCC#N)c1ccc(C=CCN)cc1. The molecule has 16 heavy (non-hydrogen) atoms. The quantitative estimate of drug-likeness (QED) is 0.817. The van der Waals surface area contributed by atoms with Gasteiger partial charge in [-0.25, -0.2) is 0 Å². The zero-order chi connectivity index (χ0) is 11.8. The van der Waals surface area contributed by atoms with E-state index in [0.717, 1.165) is 17.8 Å². The molecule has 1 aromatic carbocycles. The fraction of sp³-hybridized carbons (Fsp3) is 0.308. The summed E-state index contributed by atoms with van der Waals surface area (Å²) < 4.78 is 0. The number of nitrogens with two attached hydrogens (primary N) is 1. The first kappa shape index (κ1) is 12.3. The maximum Gasteiger partial charge on any atom is 0.0640 e. The molecule has 0 spiro atoms. The zero-order valence-electron chi connectivity index (χ0n) is 9.56. The van der Waals surface area contributed by atoms with Crippen molar-refractivity contribution < 1.29 is 0 Å². The highest BCUT2D eigenvalue weighted by molar-refractivity contribution is 5.55. The van der Waals surface area contributed by atoms with Gasteiger partial charge in [0.15, 0.2) is 0 Å². The third kappa shape index (κ3) is 3.76. The Bertz CT molecular complexity index is 373. The van der Waals surface area contributed by atoms with E-state index >= 15 is 0 Å². The monoisotopic (exact) mass is 215 g/mol. The van der Waals surface area contributed by atoms with E-state index in [9.17, 15) is 0 Å². The van der Waals surface area contributed by atoms with Crippen LogP contribution in [0, 0.1) is 11.3 Å². The first-order valence-electron chi connectivity index (χ1n) is 5.32. The lowest BCUT2D eigenvalue weighted by molar-refractivity contribution is 0.905. The molecule has 1 aromatic rings. The molecule has 0 unspecified atom stereocenters. The molecule has 0 saturated carbocycles. The third-order valence-corrected chi connectivity index (χ3v) is 2.34. The van der Waals surface area contributed by atoms with Gasteiger partial charge in [-0.1, -0.05) is 24.3 Å². The van der Waals surface area contributed by atoms with Crippen molar-refractivity contribution in [3.8, 4) is 6.07 Å². The van der Waals surface area contributed by atoms with Crippen LogP contribution in [0.2, 0.25) is 0 Å². The van der Waals surface area contributed by atoms with Crippen LogP contribution < -0.4 is 10.6 Å². The molecule has 3 nitrogen and oxygen atoms in total. The largest absolute Gasteiger partial charge is 0.374 e. The summed E-state index contributed by atoms with van der Waals surface area (Å²) in [5.74, 6) is 0. The van der Waals surface area contributed by atoms with E-state index in [1.54, 1.807) is 0 Å². The van der Waals surface area contributed by atoms with E-state index in [4.69, 9.17) is 11.0 Å². The maximum absolute atomic E-state index is 8.51. The second-order valence-corrected chi connectivity index (χ2v) is 3.56. The predicted octanol–water partition coefficient (Wildman–Crippen LogP) is 2.01. The Kier molecular flexibility index (Phi) is 5.10. The highest BCUT2D eigenvalue weighted by Gasteiger charge is 1.98. The van der Waals surface area contributed by atoms with Crippen LogP contribution in [-0.4, -0.2) is 20.1 Å². The molecule has 0 aliphatic rings. The summed E-state index contributed by atoms with van der Waals surface area (Å²) in [5, 5.41) is 8.51. The molecule has 0 atom stereocenters. The Morgan fingerprint density at radius 3 is 2.62 bits per heavy atom. The van der Waals surface area contributed by atoms with Crippen molar-refractivity contribution in [2.24, 2.45) is 5.73 Å². The fourth-order valence-corrected chi connectivity index (χ4v) is 1.39. The van der Waals surface area contributed by atoms with Gasteiger partial charge >= 0.3 is 0 Å². The Morgan fingerprint density at radius 2 is 2.06 bits per heavy atom. The molecular weight excluding hydrogens is 198 g/mol. The van der Waals surface area contributed by atoms with Gasteiger partial charge in [0.05, 0.1) is 12.5 Å². The molecule has 0 radical (unpaired) electrons. The molecule has 0 fully saturated rings. The molecule has 0 amide bonds. The smallest absolute Gasteiger partial charge is 0.0640 e. The van der Waals surface area contributed by atoms with Gasteiger partial charge in [-0.05, 0) is 17.7 Å². The summed E-state index contributed by atoms with van der Waals surface area (Å²) >= 11 is 0. The van der Waals surface area contributed by atoms with Crippen LogP contribution in [0.1, 0.15) is 12.0 Å². The van der Waals surface area contributed by atoms with Crippen molar-refractivity contribution in [2.45, 2.75) is 6.42 Å². The molecule has 1 rings (SSSR count). The molecule has 2 N–H and O–H groups in total. The van der Waals surface area contributed by atoms with Crippen LogP contribution in [0.15, 0.2) is 30.3 Å². The van der Waals surface area contributed by atoms with E-state index < -0.39 is 0 Å². The standard InChI is InChI=1S/C13H17N3/c1-16(11-3-10-15)13-7-5-12(6-8-13)4-2-9-14/h2,4-8H,3,9,11,14H2,1H3. The molecule has 84 valence electrons. The second-order valence-electron chi connectivity index (χ2n) is 3.56. The lowest BCUT2D eigenvalue weighted by atomic mass is 10.2. The minimum Gasteiger partial charge on any atom is -0.374 e. The second kappa shape index (κ2) is 6.65. The van der Waals surface area contributed by atoms with E-state index in [-0.39, 0.29) is 0 Å². The zero-order valence-corrected chi connectivity index (χ0v) is 9.56. The van der Waals surface area contributed by atoms with Gasteiger partial charge < -0.3 is 10.6 Å². The number of nitriles is 1. The normalized spacial score (nSPS) is 10.3. The lowest BCUT2D eigenvalue weighted by Crippen LogP contribution is -2.17. The van der Waals surface area contributed by atoms with Crippen molar-refractivity contribution in [3.05, 3.63) is 35.9 Å². The Labute approximate surface area is 96.8 Å².